The highest BCUT2D eigenvalue weighted by atomic mass is 32.2. The number of nitrogen functional groups attached to an aromatic ring is 1. The summed E-state index contributed by atoms with van der Waals surface area (Å²) in [5.41, 5.74) is 5.70. The Morgan fingerprint density at radius 2 is 2.15 bits per heavy atom. The Balaban J connectivity index is 2.36. The van der Waals surface area contributed by atoms with E-state index in [9.17, 15) is 9.59 Å². The van der Waals surface area contributed by atoms with Crippen LogP contribution in [-0.4, -0.2) is 44.0 Å². The van der Waals surface area contributed by atoms with Crippen molar-refractivity contribution in [3.05, 3.63) is 0 Å². The smallest absolute Gasteiger partial charge is 0.303 e. The zero-order valence-electron chi connectivity index (χ0n) is 11.5. The number of thioether (sulfide) groups is 1. The number of carbonyl (C=O) groups excluding carboxylic acids is 1. The molecule has 0 spiro atoms. The van der Waals surface area contributed by atoms with Gasteiger partial charge in [0.1, 0.15) is 0 Å². The number of anilines is 1. The zero-order valence-corrected chi connectivity index (χ0v) is 12.3. The number of nitrogens with zero attached hydrogens (tertiary/aromatic N) is 3. The first-order valence-corrected chi connectivity index (χ1v) is 7.22. The summed E-state index contributed by atoms with van der Waals surface area (Å²) in [6, 6.07) is 0.117. The van der Waals surface area contributed by atoms with Crippen LogP contribution < -0.4 is 11.1 Å². The molecule has 20 heavy (non-hydrogen) atoms. The molecule has 8 nitrogen and oxygen atoms in total. The number of rotatable bonds is 8. The van der Waals surface area contributed by atoms with Crippen LogP contribution in [0.4, 0.5) is 5.95 Å². The average Bonchev–Trinajstić information content (AvgIpc) is 2.73. The Kier molecular flexibility index (Phi) is 6.29. The number of carboxylic acids is 1. The van der Waals surface area contributed by atoms with Gasteiger partial charge >= 0.3 is 5.97 Å². The van der Waals surface area contributed by atoms with E-state index in [0.717, 1.165) is 0 Å². The van der Waals surface area contributed by atoms with Gasteiger partial charge in [0.05, 0.1) is 5.75 Å². The number of carboxylic acid groups (broad SMARTS) is 1. The molecule has 0 aromatic carbocycles. The lowest BCUT2D eigenvalue weighted by atomic mass is 10.3. The maximum Gasteiger partial charge on any atom is 0.303 e. The number of aliphatic carboxylic acids is 1. The molecule has 1 aromatic rings. The van der Waals surface area contributed by atoms with Crippen molar-refractivity contribution in [1.82, 2.24) is 20.1 Å². The lowest BCUT2D eigenvalue weighted by Gasteiger charge is -2.11. The second kappa shape index (κ2) is 7.73. The number of nitrogens with two attached hydrogens (primary N) is 1. The van der Waals surface area contributed by atoms with Crippen LogP contribution >= 0.6 is 11.8 Å². The minimum Gasteiger partial charge on any atom is -0.481 e. The van der Waals surface area contributed by atoms with Crippen LogP contribution in [0.25, 0.3) is 0 Å². The third kappa shape index (κ3) is 5.08. The molecule has 9 heteroatoms. The monoisotopic (exact) mass is 301 g/mol. The van der Waals surface area contributed by atoms with Crippen molar-refractivity contribution >= 4 is 29.6 Å². The van der Waals surface area contributed by atoms with Gasteiger partial charge in [0.25, 0.3) is 0 Å². The molecule has 0 atom stereocenters. The normalized spacial score (nSPS) is 10.8. The molecule has 4 N–H and O–H groups in total. The number of amides is 1. The van der Waals surface area contributed by atoms with Crippen molar-refractivity contribution < 1.29 is 14.7 Å². The number of nitrogens with one attached hydrogen (secondary N) is 1. The summed E-state index contributed by atoms with van der Waals surface area (Å²) >= 11 is 1.25. The van der Waals surface area contributed by atoms with E-state index in [1.165, 1.54) is 11.8 Å². The number of hydrogen-bond acceptors (Lipinski definition) is 6. The van der Waals surface area contributed by atoms with Crippen LogP contribution in [-0.2, 0) is 9.59 Å². The van der Waals surface area contributed by atoms with E-state index in [1.54, 1.807) is 4.57 Å². The minimum absolute atomic E-state index is 0.0473. The van der Waals surface area contributed by atoms with Gasteiger partial charge in [-0.25, -0.2) is 0 Å². The second-order valence-electron chi connectivity index (χ2n) is 4.44. The van der Waals surface area contributed by atoms with E-state index >= 15 is 0 Å². The molecular formula is C11H19N5O3S. The SMILES string of the molecule is CC(C)n1c(N)nnc1SCC(=O)NCCCC(=O)O. The highest BCUT2D eigenvalue weighted by molar-refractivity contribution is 7.99. The van der Waals surface area contributed by atoms with Crippen molar-refractivity contribution in [3.63, 3.8) is 0 Å². The third-order valence-corrected chi connectivity index (χ3v) is 3.37. The van der Waals surface area contributed by atoms with Gasteiger partial charge in [-0.3, -0.25) is 14.2 Å². The van der Waals surface area contributed by atoms with Gasteiger partial charge in [-0.2, -0.15) is 0 Å². The van der Waals surface area contributed by atoms with Gasteiger partial charge < -0.3 is 16.2 Å². The highest BCUT2D eigenvalue weighted by Gasteiger charge is 2.14. The van der Waals surface area contributed by atoms with Crippen molar-refractivity contribution in [3.8, 4) is 0 Å². The Hall–Kier alpha value is -1.77. The van der Waals surface area contributed by atoms with Gasteiger partial charge in [-0.1, -0.05) is 11.8 Å². The second-order valence-corrected chi connectivity index (χ2v) is 5.38. The number of aromatic nitrogens is 3. The summed E-state index contributed by atoms with van der Waals surface area (Å²) in [5, 5.41) is 19.4. The van der Waals surface area contributed by atoms with Gasteiger partial charge in [-0.05, 0) is 20.3 Å². The zero-order chi connectivity index (χ0) is 15.1. The Morgan fingerprint density at radius 3 is 2.75 bits per heavy atom. The summed E-state index contributed by atoms with van der Waals surface area (Å²) < 4.78 is 1.75. The molecule has 0 bridgehead atoms. The van der Waals surface area contributed by atoms with E-state index in [1.807, 2.05) is 13.8 Å². The number of hydrogen-bond donors (Lipinski definition) is 3. The lowest BCUT2D eigenvalue weighted by molar-refractivity contribution is -0.137. The summed E-state index contributed by atoms with van der Waals surface area (Å²) in [5.74, 6) is -0.520. The molecule has 1 rings (SSSR count). The van der Waals surface area contributed by atoms with Gasteiger partial charge in [0, 0.05) is 19.0 Å². The fraction of sp³-hybridized carbons (Fsp3) is 0.636. The summed E-state index contributed by atoms with van der Waals surface area (Å²) in [6.45, 7) is 4.26. The van der Waals surface area contributed by atoms with Crippen molar-refractivity contribution in [2.24, 2.45) is 0 Å². The topological polar surface area (TPSA) is 123 Å². The predicted octanol–water partition coefficient (Wildman–Crippen LogP) is 0.514. The number of carbonyl (C=O) groups is 2. The minimum atomic E-state index is -0.867. The van der Waals surface area contributed by atoms with Crippen LogP contribution in [0.5, 0.6) is 0 Å². The molecule has 1 amide bonds. The van der Waals surface area contributed by atoms with Crippen LogP contribution in [0.1, 0.15) is 32.7 Å². The maximum absolute atomic E-state index is 11.6. The van der Waals surface area contributed by atoms with Gasteiger partial charge in [0.2, 0.25) is 11.9 Å². The van der Waals surface area contributed by atoms with Crippen molar-refractivity contribution in [1.29, 1.82) is 0 Å². The Morgan fingerprint density at radius 1 is 1.45 bits per heavy atom. The van der Waals surface area contributed by atoms with Gasteiger partial charge in [0.15, 0.2) is 5.16 Å². The van der Waals surface area contributed by atoms with Crippen LogP contribution in [0.2, 0.25) is 0 Å². The van der Waals surface area contributed by atoms with Crippen molar-refractivity contribution in [2.45, 2.75) is 37.9 Å². The fourth-order valence-electron chi connectivity index (χ4n) is 1.52. The van der Waals surface area contributed by atoms with Crippen LogP contribution in [0, 0.1) is 0 Å². The highest BCUT2D eigenvalue weighted by Crippen LogP contribution is 2.22. The summed E-state index contributed by atoms with van der Waals surface area (Å²) in [6.07, 6.45) is 0.465. The molecular weight excluding hydrogens is 282 g/mol. The largest absolute Gasteiger partial charge is 0.481 e. The lowest BCUT2D eigenvalue weighted by Crippen LogP contribution is -2.26. The molecule has 0 fully saturated rings. The summed E-state index contributed by atoms with van der Waals surface area (Å²) in [4.78, 5) is 21.9. The van der Waals surface area contributed by atoms with E-state index < -0.39 is 5.97 Å². The van der Waals surface area contributed by atoms with E-state index in [2.05, 4.69) is 15.5 Å². The molecule has 0 radical (unpaired) electrons. The summed E-state index contributed by atoms with van der Waals surface area (Å²) in [7, 11) is 0. The Bertz CT molecular complexity index is 475. The molecule has 0 saturated carbocycles. The molecule has 0 aliphatic heterocycles. The first-order chi connectivity index (χ1) is 9.41. The molecule has 1 aromatic heterocycles. The molecule has 0 aliphatic rings. The predicted molar refractivity (Wildman–Crippen MR) is 75.4 cm³/mol. The van der Waals surface area contributed by atoms with E-state index in [-0.39, 0.29) is 24.1 Å². The van der Waals surface area contributed by atoms with Gasteiger partial charge in [-0.15, -0.1) is 10.2 Å². The molecule has 0 aliphatic carbocycles. The van der Waals surface area contributed by atoms with E-state index in [0.29, 0.717) is 24.1 Å². The first-order valence-electron chi connectivity index (χ1n) is 6.23. The van der Waals surface area contributed by atoms with Crippen LogP contribution in [0.3, 0.4) is 0 Å². The molecule has 0 unspecified atom stereocenters. The standard InChI is InChI=1S/C11H19N5O3S/c1-7(2)16-10(12)14-15-11(16)20-6-8(17)13-5-3-4-9(18)19/h7H,3-6H2,1-2H3,(H2,12,14)(H,13,17)(H,18,19). The van der Waals surface area contributed by atoms with Crippen LogP contribution in [0.15, 0.2) is 5.16 Å². The molecule has 112 valence electrons. The maximum atomic E-state index is 11.6. The first kappa shape index (κ1) is 16.3. The third-order valence-electron chi connectivity index (χ3n) is 2.43. The Labute approximate surface area is 121 Å². The molecule has 0 saturated heterocycles. The molecule has 1 heterocycles. The average molecular weight is 301 g/mol. The quantitative estimate of drug-likeness (QED) is 0.472. The van der Waals surface area contributed by atoms with E-state index in [4.69, 9.17) is 10.8 Å². The fourth-order valence-corrected chi connectivity index (χ4v) is 2.42. The van der Waals surface area contributed by atoms with Crippen molar-refractivity contribution in [2.75, 3.05) is 18.0 Å².